The normalized spacial score (nSPS) is 10.4. The van der Waals surface area contributed by atoms with E-state index in [1.54, 1.807) is 17.8 Å². The van der Waals surface area contributed by atoms with Gasteiger partial charge in [-0.15, -0.1) is 0 Å². The van der Waals surface area contributed by atoms with Crippen molar-refractivity contribution < 1.29 is 9.53 Å². The maximum absolute atomic E-state index is 11.4. The molecule has 0 N–H and O–H groups in total. The molecule has 2 aromatic rings. The van der Waals surface area contributed by atoms with E-state index in [0.717, 1.165) is 17.1 Å². The number of ketones is 1. The molecule has 0 saturated heterocycles. The molecule has 0 radical (unpaired) electrons. The van der Waals surface area contributed by atoms with Gasteiger partial charge < -0.3 is 4.74 Å². The van der Waals surface area contributed by atoms with Crippen LogP contribution in [-0.4, -0.2) is 22.2 Å². The second-order valence-electron chi connectivity index (χ2n) is 4.04. The lowest BCUT2D eigenvalue weighted by molar-refractivity contribution is 0.101. The highest BCUT2D eigenvalue weighted by molar-refractivity contribution is 5.95. The van der Waals surface area contributed by atoms with E-state index in [4.69, 9.17) is 4.74 Å². The van der Waals surface area contributed by atoms with Gasteiger partial charge in [0.15, 0.2) is 5.78 Å². The van der Waals surface area contributed by atoms with E-state index in [0.29, 0.717) is 12.2 Å². The Hall–Kier alpha value is -2.10. The highest BCUT2D eigenvalue weighted by Gasteiger charge is 2.11. The zero-order valence-electron chi connectivity index (χ0n) is 10.8. The van der Waals surface area contributed by atoms with Gasteiger partial charge in [0.25, 0.3) is 0 Å². The minimum absolute atomic E-state index is 0.0321. The fourth-order valence-electron chi connectivity index (χ4n) is 1.87. The number of aromatic nitrogens is 2. The molecule has 0 aliphatic rings. The van der Waals surface area contributed by atoms with Crippen LogP contribution in [0.2, 0.25) is 0 Å². The predicted octanol–water partition coefficient (Wildman–Crippen LogP) is 2.78. The molecule has 0 bridgehead atoms. The minimum atomic E-state index is 0.0321. The fourth-order valence-corrected chi connectivity index (χ4v) is 1.87. The average molecular weight is 244 g/mol. The average Bonchev–Trinajstić information content (AvgIpc) is 2.73. The molecule has 0 spiro atoms. The van der Waals surface area contributed by atoms with Crippen molar-refractivity contribution >= 4 is 5.78 Å². The summed E-state index contributed by atoms with van der Waals surface area (Å²) in [5, 5.41) is 4.24. The summed E-state index contributed by atoms with van der Waals surface area (Å²) in [6.07, 6.45) is 1.61. The zero-order chi connectivity index (χ0) is 13.1. The predicted molar refractivity (Wildman–Crippen MR) is 69.5 cm³/mol. The first kappa shape index (κ1) is 12.4. The SMILES string of the molecule is CCOc1ccc(-n2ncc(C(C)=O)c2C)cc1. The van der Waals surface area contributed by atoms with Crippen LogP contribution in [0.3, 0.4) is 0 Å². The number of carbonyl (C=O) groups excluding carboxylic acids is 1. The van der Waals surface area contributed by atoms with Gasteiger partial charge in [0, 0.05) is 0 Å². The van der Waals surface area contributed by atoms with E-state index in [-0.39, 0.29) is 5.78 Å². The van der Waals surface area contributed by atoms with Crippen molar-refractivity contribution in [3.05, 3.63) is 41.7 Å². The Kier molecular flexibility index (Phi) is 3.46. The van der Waals surface area contributed by atoms with Crippen molar-refractivity contribution in [2.75, 3.05) is 6.61 Å². The van der Waals surface area contributed by atoms with Crippen LogP contribution in [0.5, 0.6) is 5.75 Å². The number of ether oxygens (including phenoxy) is 1. The Balaban J connectivity index is 2.34. The molecule has 0 unspecified atom stereocenters. The van der Waals surface area contributed by atoms with Gasteiger partial charge >= 0.3 is 0 Å². The molecule has 4 nitrogen and oxygen atoms in total. The molecule has 1 aromatic heterocycles. The molecule has 94 valence electrons. The topological polar surface area (TPSA) is 44.1 Å². The van der Waals surface area contributed by atoms with Gasteiger partial charge in [-0.2, -0.15) is 5.10 Å². The molecule has 2 rings (SSSR count). The lowest BCUT2D eigenvalue weighted by atomic mass is 10.2. The smallest absolute Gasteiger partial charge is 0.163 e. The van der Waals surface area contributed by atoms with Crippen molar-refractivity contribution in [1.82, 2.24) is 9.78 Å². The van der Waals surface area contributed by atoms with E-state index in [1.165, 1.54) is 0 Å². The third kappa shape index (κ3) is 2.27. The first-order valence-corrected chi connectivity index (χ1v) is 5.92. The summed E-state index contributed by atoms with van der Waals surface area (Å²) in [4.78, 5) is 11.4. The van der Waals surface area contributed by atoms with Crippen LogP contribution in [0.1, 0.15) is 29.9 Å². The summed E-state index contributed by atoms with van der Waals surface area (Å²) in [6.45, 7) is 6.03. The molecule has 18 heavy (non-hydrogen) atoms. The lowest BCUT2D eigenvalue weighted by Crippen LogP contribution is -2.01. The number of nitrogens with zero attached hydrogens (tertiary/aromatic N) is 2. The van der Waals surface area contributed by atoms with Gasteiger partial charge in [0.2, 0.25) is 0 Å². The molecule has 0 fully saturated rings. The van der Waals surface area contributed by atoms with Gasteiger partial charge in [-0.1, -0.05) is 0 Å². The number of rotatable bonds is 4. The van der Waals surface area contributed by atoms with Crippen LogP contribution in [0, 0.1) is 6.92 Å². The third-order valence-corrected chi connectivity index (χ3v) is 2.78. The second kappa shape index (κ2) is 5.04. The van der Waals surface area contributed by atoms with Crippen molar-refractivity contribution in [2.45, 2.75) is 20.8 Å². The summed E-state index contributed by atoms with van der Waals surface area (Å²) in [5.74, 6) is 0.863. The van der Waals surface area contributed by atoms with Crippen LogP contribution in [0.15, 0.2) is 30.5 Å². The van der Waals surface area contributed by atoms with Crippen LogP contribution in [0.25, 0.3) is 5.69 Å². The molecule has 0 saturated carbocycles. The van der Waals surface area contributed by atoms with Crippen molar-refractivity contribution in [2.24, 2.45) is 0 Å². The van der Waals surface area contributed by atoms with E-state index in [2.05, 4.69) is 5.10 Å². The Morgan fingerprint density at radius 2 is 2.00 bits per heavy atom. The first-order chi connectivity index (χ1) is 8.63. The van der Waals surface area contributed by atoms with Gasteiger partial charge in [0.05, 0.1) is 29.7 Å². The number of hydrogen-bond donors (Lipinski definition) is 0. The number of benzene rings is 1. The molecule has 0 aliphatic heterocycles. The first-order valence-electron chi connectivity index (χ1n) is 5.92. The minimum Gasteiger partial charge on any atom is -0.494 e. The standard InChI is InChI=1S/C14H16N2O2/c1-4-18-13-7-5-12(6-8-13)16-10(2)14(9-15-16)11(3)17/h5-9H,4H2,1-3H3. The lowest BCUT2D eigenvalue weighted by Gasteiger charge is -2.07. The Morgan fingerprint density at radius 3 is 2.50 bits per heavy atom. The second-order valence-corrected chi connectivity index (χ2v) is 4.04. The number of Topliss-reactive ketones (excluding diaryl/α,β-unsaturated/α-hetero) is 1. The molecule has 1 aromatic carbocycles. The summed E-state index contributed by atoms with van der Waals surface area (Å²) in [6, 6.07) is 7.64. The molecular formula is C14H16N2O2. The van der Waals surface area contributed by atoms with Crippen molar-refractivity contribution in [3.63, 3.8) is 0 Å². The van der Waals surface area contributed by atoms with E-state index in [1.807, 2.05) is 38.1 Å². The summed E-state index contributed by atoms with van der Waals surface area (Å²) in [7, 11) is 0. The van der Waals surface area contributed by atoms with Crippen LogP contribution in [0.4, 0.5) is 0 Å². The quantitative estimate of drug-likeness (QED) is 0.777. The van der Waals surface area contributed by atoms with Crippen LogP contribution < -0.4 is 4.74 Å². The Labute approximate surface area is 106 Å². The third-order valence-electron chi connectivity index (χ3n) is 2.78. The van der Waals surface area contributed by atoms with Gasteiger partial charge in [-0.05, 0) is 45.0 Å². The monoisotopic (exact) mass is 244 g/mol. The van der Waals surface area contributed by atoms with Crippen molar-refractivity contribution in [3.8, 4) is 11.4 Å². The van der Waals surface area contributed by atoms with Gasteiger partial charge in [-0.25, -0.2) is 4.68 Å². The largest absolute Gasteiger partial charge is 0.494 e. The molecule has 1 heterocycles. The fraction of sp³-hybridized carbons (Fsp3) is 0.286. The van der Waals surface area contributed by atoms with E-state index < -0.39 is 0 Å². The van der Waals surface area contributed by atoms with Crippen molar-refractivity contribution in [1.29, 1.82) is 0 Å². The molecular weight excluding hydrogens is 228 g/mol. The number of carbonyl (C=O) groups is 1. The maximum Gasteiger partial charge on any atom is 0.163 e. The summed E-state index contributed by atoms with van der Waals surface area (Å²) in [5.41, 5.74) is 2.43. The highest BCUT2D eigenvalue weighted by Crippen LogP contribution is 2.18. The van der Waals surface area contributed by atoms with Gasteiger partial charge in [-0.3, -0.25) is 4.79 Å². The molecule has 0 aliphatic carbocycles. The van der Waals surface area contributed by atoms with Crippen LogP contribution >= 0.6 is 0 Å². The Bertz CT molecular complexity index is 556. The molecule has 0 atom stereocenters. The summed E-state index contributed by atoms with van der Waals surface area (Å²) >= 11 is 0. The van der Waals surface area contributed by atoms with Gasteiger partial charge in [0.1, 0.15) is 5.75 Å². The Morgan fingerprint density at radius 1 is 1.33 bits per heavy atom. The van der Waals surface area contributed by atoms with E-state index in [9.17, 15) is 4.79 Å². The molecule has 4 heteroatoms. The summed E-state index contributed by atoms with van der Waals surface area (Å²) < 4.78 is 7.14. The maximum atomic E-state index is 11.4. The zero-order valence-corrected chi connectivity index (χ0v) is 10.8. The van der Waals surface area contributed by atoms with E-state index >= 15 is 0 Å². The highest BCUT2D eigenvalue weighted by atomic mass is 16.5. The van der Waals surface area contributed by atoms with Crippen LogP contribution in [-0.2, 0) is 0 Å². The number of hydrogen-bond acceptors (Lipinski definition) is 3. The molecule has 0 amide bonds.